The second-order valence-corrected chi connectivity index (χ2v) is 10.1. The first-order chi connectivity index (χ1) is 15.3. The van der Waals surface area contributed by atoms with Crippen LogP contribution in [0.1, 0.15) is 75.5 Å². The van der Waals surface area contributed by atoms with Gasteiger partial charge in [-0.1, -0.05) is 79.0 Å². The van der Waals surface area contributed by atoms with E-state index in [1.807, 2.05) is 31.2 Å². The Kier molecular flexibility index (Phi) is 8.92. The third kappa shape index (κ3) is 6.93. The van der Waals surface area contributed by atoms with Gasteiger partial charge >= 0.3 is 0 Å². The van der Waals surface area contributed by atoms with Crippen molar-refractivity contribution < 1.29 is 9.59 Å². The van der Waals surface area contributed by atoms with Crippen LogP contribution in [0.3, 0.4) is 0 Å². The lowest BCUT2D eigenvalue weighted by molar-refractivity contribution is -0.140. The molecule has 2 aromatic carbocycles. The van der Waals surface area contributed by atoms with E-state index in [4.69, 9.17) is 0 Å². The minimum atomic E-state index is -0.505. The normalized spacial score (nSPS) is 15.0. The van der Waals surface area contributed by atoms with Crippen molar-refractivity contribution in [2.75, 3.05) is 0 Å². The van der Waals surface area contributed by atoms with Crippen molar-refractivity contribution in [3.05, 3.63) is 69.7 Å². The van der Waals surface area contributed by atoms with Gasteiger partial charge in [0.1, 0.15) is 6.04 Å². The molecular weight excluding hydrogens is 464 g/mol. The molecule has 4 nitrogen and oxygen atoms in total. The van der Waals surface area contributed by atoms with Crippen molar-refractivity contribution >= 4 is 27.7 Å². The maximum atomic E-state index is 13.3. The molecule has 3 rings (SSSR count). The van der Waals surface area contributed by atoms with Crippen LogP contribution < -0.4 is 5.32 Å². The Morgan fingerprint density at radius 3 is 2.16 bits per heavy atom. The topological polar surface area (TPSA) is 49.4 Å². The summed E-state index contributed by atoms with van der Waals surface area (Å²) in [6.45, 7) is 6.63. The Morgan fingerprint density at radius 1 is 0.969 bits per heavy atom. The predicted octanol–water partition coefficient (Wildman–Crippen LogP) is 5.98. The molecule has 0 heterocycles. The quantitative estimate of drug-likeness (QED) is 0.462. The molecule has 0 radical (unpaired) electrons. The fraction of sp³-hybridized carbons (Fsp3) is 0.481. The van der Waals surface area contributed by atoms with Crippen LogP contribution in [0.4, 0.5) is 0 Å². The first-order valence-corrected chi connectivity index (χ1v) is 12.6. The highest BCUT2D eigenvalue weighted by molar-refractivity contribution is 9.10. The van der Waals surface area contributed by atoms with E-state index in [-0.39, 0.29) is 17.9 Å². The van der Waals surface area contributed by atoms with Gasteiger partial charge in [-0.25, -0.2) is 0 Å². The Labute approximate surface area is 200 Å². The molecule has 32 heavy (non-hydrogen) atoms. The number of rotatable bonds is 9. The predicted molar refractivity (Wildman–Crippen MR) is 133 cm³/mol. The lowest BCUT2D eigenvalue weighted by Crippen LogP contribution is -2.49. The largest absolute Gasteiger partial charge is 0.352 e. The number of halogens is 1. The minimum absolute atomic E-state index is 0.00919. The summed E-state index contributed by atoms with van der Waals surface area (Å²) in [5.41, 5.74) is 3.46. The van der Waals surface area contributed by atoms with Gasteiger partial charge in [0, 0.05) is 23.5 Å². The molecule has 5 heteroatoms. The molecule has 0 spiro atoms. The summed E-state index contributed by atoms with van der Waals surface area (Å²) in [5.74, 6) is 0.449. The van der Waals surface area contributed by atoms with Crippen molar-refractivity contribution in [2.24, 2.45) is 0 Å². The summed E-state index contributed by atoms with van der Waals surface area (Å²) < 4.78 is 0.996. The highest BCUT2D eigenvalue weighted by Gasteiger charge is 2.28. The minimum Gasteiger partial charge on any atom is -0.352 e. The van der Waals surface area contributed by atoms with Crippen molar-refractivity contribution in [1.29, 1.82) is 0 Å². The number of carbonyl (C=O) groups is 2. The van der Waals surface area contributed by atoms with Gasteiger partial charge in [-0.05, 0) is 60.9 Å². The van der Waals surface area contributed by atoms with Crippen LogP contribution >= 0.6 is 15.9 Å². The Hall–Kier alpha value is -2.14. The molecule has 0 bridgehead atoms. The van der Waals surface area contributed by atoms with E-state index < -0.39 is 6.04 Å². The molecule has 0 aliphatic heterocycles. The summed E-state index contributed by atoms with van der Waals surface area (Å²) in [6.07, 6.45) is 5.45. The van der Waals surface area contributed by atoms with Gasteiger partial charge in [0.15, 0.2) is 0 Å². The van der Waals surface area contributed by atoms with Crippen LogP contribution in [0, 0.1) is 0 Å². The summed E-state index contributed by atoms with van der Waals surface area (Å²) in [5, 5.41) is 3.16. The fourth-order valence-electron chi connectivity index (χ4n) is 4.23. The Bertz CT molecular complexity index is 887. The number of carbonyl (C=O) groups excluding carboxylic acids is 2. The number of aryl methyl sites for hydroxylation is 1. The lowest BCUT2D eigenvalue weighted by atomic mass is 10.00. The second-order valence-electron chi connectivity index (χ2n) is 9.21. The summed E-state index contributed by atoms with van der Waals surface area (Å²) in [6, 6.07) is 16.2. The van der Waals surface area contributed by atoms with E-state index >= 15 is 0 Å². The monoisotopic (exact) mass is 498 g/mol. The van der Waals surface area contributed by atoms with Gasteiger partial charge < -0.3 is 10.2 Å². The van der Waals surface area contributed by atoms with Crippen LogP contribution in [0.2, 0.25) is 0 Å². The number of benzene rings is 2. The zero-order chi connectivity index (χ0) is 23.1. The fourth-order valence-corrected chi connectivity index (χ4v) is 4.49. The molecule has 1 atom stereocenters. The first-order valence-electron chi connectivity index (χ1n) is 11.8. The molecule has 2 amide bonds. The molecule has 0 unspecified atom stereocenters. The highest BCUT2D eigenvalue weighted by atomic mass is 79.9. The maximum absolute atomic E-state index is 13.3. The average molecular weight is 499 g/mol. The highest BCUT2D eigenvalue weighted by Crippen LogP contribution is 2.20. The molecule has 0 aromatic heterocycles. The lowest BCUT2D eigenvalue weighted by Gasteiger charge is -2.30. The van der Waals surface area contributed by atoms with Crippen molar-refractivity contribution in [1.82, 2.24) is 10.2 Å². The summed E-state index contributed by atoms with van der Waals surface area (Å²) in [4.78, 5) is 28.0. The molecule has 1 aliphatic rings. The van der Waals surface area contributed by atoms with Crippen LogP contribution in [-0.2, 0) is 22.6 Å². The smallest absolute Gasteiger partial charge is 0.242 e. The number of nitrogens with zero attached hydrogens (tertiary/aromatic N) is 1. The number of hydrogen-bond donors (Lipinski definition) is 1. The third-order valence-electron chi connectivity index (χ3n) is 6.41. The standard InChI is InChI=1S/C27H35BrN2O2/c1-19(2)23-13-8-21(9-14-23)12-17-26(31)30(18-22-10-15-24(28)16-11-22)20(3)27(32)29-25-6-4-5-7-25/h8-11,13-16,19-20,25H,4-7,12,17-18H2,1-3H3,(H,29,32)/t20-/m0/s1. The van der Waals surface area contributed by atoms with Gasteiger partial charge in [0.2, 0.25) is 11.8 Å². The van der Waals surface area contributed by atoms with E-state index in [1.165, 1.54) is 5.56 Å². The molecular formula is C27H35BrN2O2. The molecule has 172 valence electrons. The molecule has 1 aliphatic carbocycles. The van der Waals surface area contributed by atoms with Gasteiger partial charge in [0.25, 0.3) is 0 Å². The van der Waals surface area contributed by atoms with E-state index in [2.05, 4.69) is 59.4 Å². The molecule has 1 saturated carbocycles. The van der Waals surface area contributed by atoms with Crippen LogP contribution in [0.5, 0.6) is 0 Å². The molecule has 1 fully saturated rings. The maximum Gasteiger partial charge on any atom is 0.242 e. The van der Waals surface area contributed by atoms with Gasteiger partial charge in [-0.15, -0.1) is 0 Å². The number of nitrogens with one attached hydrogen (secondary N) is 1. The first kappa shape index (κ1) is 24.5. The Morgan fingerprint density at radius 2 is 1.56 bits per heavy atom. The van der Waals surface area contributed by atoms with E-state index in [1.54, 1.807) is 4.90 Å². The van der Waals surface area contributed by atoms with Gasteiger partial charge in [0.05, 0.1) is 0 Å². The zero-order valence-corrected chi connectivity index (χ0v) is 21.0. The van der Waals surface area contributed by atoms with Gasteiger partial charge in [-0.3, -0.25) is 9.59 Å². The SMILES string of the molecule is CC(C)c1ccc(CCC(=O)N(Cc2ccc(Br)cc2)[C@@H](C)C(=O)NC2CCCC2)cc1. The summed E-state index contributed by atoms with van der Waals surface area (Å²) >= 11 is 3.46. The van der Waals surface area contributed by atoms with E-state index in [0.717, 1.165) is 41.3 Å². The molecule has 0 saturated heterocycles. The number of hydrogen-bond acceptors (Lipinski definition) is 2. The van der Waals surface area contributed by atoms with Crippen LogP contribution in [0.25, 0.3) is 0 Å². The third-order valence-corrected chi connectivity index (χ3v) is 6.94. The van der Waals surface area contributed by atoms with Crippen LogP contribution in [0.15, 0.2) is 53.0 Å². The molecule has 2 aromatic rings. The number of amides is 2. The summed E-state index contributed by atoms with van der Waals surface area (Å²) in [7, 11) is 0. The van der Waals surface area contributed by atoms with E-state index in [0.29, 0.717) is 25.3 Å². The van der Waals surface area contributed by atoms with Crippen molar-refractivity contribution in [3.8, 4) is 0 Å². The Balaban J connectivity index is 1.68. The van der Waals surface area contributed by atoms with Crippen molar-refractivity contribution in [2.45, 2.75) is 83.8 Å². The molecule has 1 N–H and O–H groups in total. The van der Waals surface area contributed by atoms with E-state index in [9.17, 15) is 9.59 Å². The second kappa shape index (κ2) is 11.6. The van der Waals surface area contributed by atoms with Gasteiger partial charge in [-0.2, -0.15) is 0 Å². The van der Waals surface area contributed by atoms with Crippen molar-refractivity contribution in [3.63, 3.8) is 0 Å². The van der Waals surface area contributed by atoms with Crippen LogP contribution in [-0.4, -0.2) is 28.8 Å². The average Bonchev–Trinajstić information content (AvgIpc) is 3.30. The zero-order valence-electron chi connectivity index (χ0n) is 19.4.